The van der Waals surface area contributed by atoms with Crippen LogP contribution in [0.25, 0.3) is 0 Å². The van der Waals surface area contributed by atoms with E-state index in [-0.39, 0.29) is 6.04 Å². The van der Waals surface area contributed by atoms with Crippen LogP contribution >= 0.6 is 11.6 Å². The molecule has 1 aromatic carbocycles. The summed E-state index contributed by atoms with van der Waals surface area (Å²) in [7, 11) is 0. The lowest BCUT2D eigenvalue weighted by molar-refractivity contribution is 0.185. The van der Waals surface area contributed by atoms with Crippen LogP contribution in [0.5, 0.6) is 0 Å². The van der Waals surface area contributed by atoms with Gasteiger partial charge in [-0.2, -0.15) is 0 Å². The van der Waals surface area contributed by atoms with Gasteiger partial charge in [-0.3, -0.25) is 9.88 Å². The maximum Gasteiger partial charge on any atom is 0.0477 e. The molecule has 1 aliphatic rings. The molecule has 0 bridgehead atoms. The fraction of sp³-hybridized carbons (Fsp3) is 0.353. The predicted octanol–water partition coefficient (Wildman–Crippen LogP) is 3.57. The number of hydrogen-bond acceptors (Lipinski definition) is 3. The lowest BCUT2D eigenvalue weighted by atomic mass is 10.0. The highest BCUT2D eigenvalue weighted by molar-refractivity contribution is 6.30. The lowest BCUT2D eigenvalue weighted by Crippen LogP contribution is -2.33. The number of likely N-dealkylation sites (tertiary alicyclic amines) is 1. The molecule has 4 heteroatoms. The first-order valence-corrected chi connectivity index (χ1v) is 7.78. The first kappa shape index (κ1) is 14.5. The molecule has 2 aromatic rings. The van der Waals surface area contributed by atoms with Gasteiger partial charge in [0, 0.05) is 36.0 Å². The zero-order valence-electron chi connectivity index (χ0n) is 12.0. The number of pyridine rings is 1. The van der Waals surface area contributed by atoms with Gasteiger partial charge < -0.3 is 5.73 Å². The second-order valence-corrected chi connectivity index (χ2v) is 5.93. The number of hydrogen-bond donors (Lipinski definition) is 1. The van der Waals surface area contributed by atoms with Crippen molar-refractivity contribution >= 4 is 11.6 Å². The Morgan fingerprint density at radius 1 is 1.33 bits per heavy atom. The molecule has 1 fully saturated rings. The van der Waals surface area contributed by atoms with Crippen molar-refractivity contribution in [1.29, 1.82) is 0 Å². The fourth-order valence-electron chi connectivity index (χ4n) is 3.27. The Labute approximate surface area is 130 Å². The zero-order valence-corrected chi connectivity index (χ0v) is 12.7. The fourth-order valence-corrected chi connectivity index (χ4v) is 3.47. The number of benzene rings is 1. The summed E-state index contributed by atoms with van der Waals surface area (Å²) in [6.07, 6.45) is 6.13. The van der Waals surface area contributed by atoms with Crippen molar-refractivity contribution in [2.24, 2.45) is 5.73 Å². The van der Waals surface area contributed by atoms with Crippen LogP contribution in [0.2, 0.25) is 5.02 Å². The van der Waals surface area contributed by atoms with E-state index in [1.54, 1.807) is 0 Å². The quantitative estimate of drug-likeness (QED) is 0.938. The zero-order chi connectivity index (χ0) is 14.7. The molecule has 0 saturated carbocycles. The Morgan fingerprint density at radius 3 is 2.95 bits per heavy atom. The largest absolute Gasteiger partial charge is 0.329 e. The van der Waals surface area contributed by atoms with E-state index in [0.29, 0.717) is 12.6 Å². The van der Waals surface area contributed by atoms with Crippen LogP contribution in [0.4, 0.5) is 0 Å². The SMILES string of the molecule is NCC(c1cccc(Cl)c1)N1CCCC1c1cccnc1. The molecule has 2 unspecified atom stereocenters. The topological polar surface area (TPSA) is 42.1 Å². The van der Waals surface area contributed by atoms with Crippen LogP contribution < -0.4 is 5.73 Å². The third-order valence-corrected chi connectivity index (χ3v) is 4.46. The van der Waals surface area contributed by atoms with Crippen molar-refractivity contribution in [3.63, 3.8) is 0 Å². The van der Waals surface area contributed by atoms with Crippen LogP contribution in [0.1, 0.15) is 36.1 Å². The summed E-state index contributed by atoms with van der Waals surface area (Å²) in [6, 6.07) is 12.8. The van der Waals surface area contributed by atoms with Crippen molar-refractivity contribution < 1.29 is 0 Å². The summed E-state index contributed by atoms with van der Waals surface area (Å²) in [4.78, 5) is 6.75. The minimum Gasteiger partial charge on any atom is -0.329 e. The van der Waals surface area contributed by atoms with Crippen LogP contribution in [-0.2, 0) is 0 Å². The molecule has 2 atom stereocenters. The van der Waals surface area contributed by atoms with Gasteiger partial charge in [-0.05, 0) is 48.7 Å². The van der Waals surface area contributed by atoms with Crippen molar-refractivity contribution in [1.82, 2.24) is 9.88 Å². The average molecular weight is 302 g/mol. The first-order valence-electron chi connectivity index (χ1n) is 7.41. The molecule has 0 aliphatic carbocycles. The number of nitrogens with two attached hydrogens (primary N) is 1. The van der Waals surface area contributed by atoms with Crippen molar-refractivity contribution in [2.45, 2.75) is 24.9 Å². The maximum absolute atomic E-state index is 6.14. The number of rotatable bonds is 4. The molecule has 1 aliphatic heterocycles. The number of nitrogens with zero attached hydrogens (tertiary/aromatic N) is 2. The molecule has 1 saturated heterocycles. The van der Waals surface area contributed by atoms with Crippen molar-refractivity contribution in [3.05, 3.63) is 64.9 Å². The Hall–Kier alpha value is -1.42. The summed E-state index contributed by atoms with van der Waals surface area (Å²) < 4.78 is 0. The van der Waals surface area contributed by atoms with E-state index < -0.39 is 0 Å². The van der Waals surface area contributed by atoms with E-state index >= 15 is 0 Å². The maximum atomic E-state index is 6.14. The Balaban J connectivity index is 1.89. The van der Waals surface area contributed by atoms with E-state index in [4.69, 9.17) is 17.3 Å². The molecular formula is C17H20ClN3. The summed E-state index contributed by atoms with van der Waals surface area (Å²) >= 11 is 6.14. The highest BCUT2D eigenvalue weighted by atomic mass is 35.5. The average Bonchev–Trinajstić information content (AvgIpc) is 2.98. The molecule has 2 N–H and O–H groups in total. The molecule has 1 aromatic heterocycles. The van der Waals surface area contributed by atoms with Gasteiger partial charge in [0.15, 0.2) is 0 Å². The third kappa shape index (κ3) is 3.10. The van der Waals surface area contributed by atoms with Crippen LogP contribution in [0, 0.1) is 0 Å². The molecule has 0 amide bonds. The second-order valence-electron chi connectivity index (χ2n) is 5.49. The molecule has 21 heavy (non-hydrogen) atoms. The van der Waals surface area contributed by atoms with E-state index in [0.717, 1.165) is 18.0 Å². The van der Waals surface area contributed by atoms with Gasteiger partial charge in [0.2, 0.25) is 0 Å². The number of halogens is 1. The van der Waals surface area contributed by atoms with Gasteiger partial charge in [-0.15, -0.1) is 0 Å². The van der Waals surface area contributed by atoms with Gasteiger partial charge in [-0.1, -0.05) is 29.8 Å². The highest BCUT2D eigenvalue weighted by Crippen LogP contribution is 2.38. The Morgan fingerprint density at radius 2 is 2.24 bits per heavy atom. The van der Waals surface area contributed by atoms with Gasteiger partial charge in [0.1, 0.15) is 0 Å². The van der Waals surface area contributed by atoms with Crippen LogP contribution in [0.15, 0.2) is 48.8 Å². The smallest absolute Gasteiger partial charge is 0.0477 e. The molecule has 3 nitrogen and oxygen atoms in total. The second kappa shape index (κ2) is 6.56. The monoisotopic (exact) mass is 301 g/mol. The lowest BCUT2D eigenvalue weighted by Gasteiger charge is -2.33. The van der Waals surface area contributed by atoms with Crippen molar-refractivity contribution in [3.8, 4) is 0 Å². The molecule has 2 heterocycles. The Kier molecular flexibility index (Phi) is 4.54. The van der Waals surface area contributed by atoms with E-state index in [1.165, 1.54) is 17.5 Å². The van der Waals surface area contributed by atoms with Crippen LogP contribution in [0.3, 0.4) is 0 Å². The summed E-state index contributed by atoms with van der Waals surface area (Å²) in [5.41, 5.74) is 8.54. The Bertz CT molecular complexity index is 588. The molecule has 110 valence electrons. The molecule has 3 rings (SSSR count). The minimum atomic E-state index is 0.205. The van der Waals surface area contributed by atoms with Crippen molar-refractivity contribution in [2.75, 3.05) is 13.1 Å². The summed E-state index contributed by atoms with van der Waals surface area (Å²) in [5.74, 6) is 0. The summed E-state index contributed by atoms with van der Waals surface area (Å²) in [5, 5.41) is 0.767. The van der Waals surface area contributed by atoms with E-state index in [1.807, 2.05) is 36.7 Å². The van der Waals surface area contributed by atoms with E-state index in [2.05, 4.69) is 22.0 Å². The van der Waals surface area contributed by atoms with Gasteiger partial charge >= 0.3 is 0 Å². The van der Waals surface area contributed by atoms with E-state index in [9.17, 15) is 0 Å². The van der Waals surface area contributed by atoms with Gasteiger partial charge in [0.05, 0.1) is 0 Å². The third-order valence-electron chi connectivity index (χ3n) is 4.22. The van der Waals surface area contributed by atoms with Gasteiger partial charge in [-0.25, -0.2) is 0 Å². The molecule has 0 radical (unpaired) electrons. The summed E-state index contributed by atoms with van der Waals surface area (Å²) in [6.45, 7) is 1.66. The highest BCUT2D eigenvalue weighted by Gasteiger charge is 2.32. The minimum absolute atomic E-state index is 0.205. The van der Waals surface area contributed by atoms with Gasteiger partial charge in [0.25, 0.3) is 0 Å². The predicted molar refractivity (Wildman–Crippen MR) is 86.2 cm³/mol. The molecular weight excluding hydrogens is 282 g/mol. The molecule has 0 spiro atoms. The first-order chi connectivity index (χ1) is 10.3. The van der Waals surface area contributed by atoms with Crippen LogP contribution in [-0.4, -0.2) is 23.0 Å². The number of aromatic nitrogens is 1. The standard InChI is InChI=1S/C17H20ClN3/c18-15-6-1-4-13(10-15)17(11-19)21-9-3-7-16(21)14-5-2-8-20-12-14/h1-2,4-6,8,10,12,16-17H,3,7,9,11,19H2. The normalized spacial score (nSPS) is 20.6.